The summed E-state index contributed by atoms with van der Waals surface area (Å²) in [6, 6.07) is 8.25. The Labute approximate surface area is 112 Å². The van der Waals surface area contributed by atoms with E-state index in [-0.39, 0.29) is 0 Å². The summed E-state index contributed by atoms with van der Waals surface area (Å²) in [6.45, 7) is 4.77. The highest BCUT2D eigenvalue weighted by Gasteiger charge is 2.11. The van der Waals surface area contributed by atoms with Gasteiger partial charge in [0.15, 0.2) is 5.82 Å². The average Bonchev–Trinajstić information content (AvgIpc) is 2.67. The van der Waals surface area contributed by atoms with E-state index >= 15 is 0 Å². The lowest BCUT2D eigenvalue weighted by Crippen LogP contribution is -2.04. The van der Waals surface area contributed by atoms with Crippen molar-refractivity contribution >= 4 is 29.0 Å². The Hall–Kier alpha value is -1.62. The van der Waals surface area contributed by atoms with Crippen molar-refractivity contribution in [3.05, 3.63) is 30.0 Å². The molecule has 0 aliphatic rings. The zero-order valence-electron chi connectivity index (χ0n) is 10.9. The molecule has 0 saturated carbocycles. The Kier molecular flexibility index (Phi) is 3.81. The molecule has 1 aromatic heterocycles. The van der Waals surface area contributed by atoms with E-state index in [9.17, 15) is 0 Å². The van der Waals surface area contributed by atoms with Crippen molar-refractivity contribution in [2.45, 2.75) is 25.3 Å². The maximum Gasteiger partial charge on any atom is 0.152 e. The molecule has 96 valence electrons. The molecule has 0 unspecified atom stereocenters. The molecule has 0 bridgehead atoms. The van der Waals surface area contributed by atoms with E-state index in [0.717, 1.165) is 23.7 Å². The lowest BCUT2D eigenvalue weighted by molar-refractivity contribution is 0.661. The molecule has 0 aliphatic heterocycles. The Balaban J connectivity index is 2.33. The number of hydrogen-bond acceptors (Lipinski definition) is 4. The van der Waals surface area contributed by atoms with Crippen molar-refractivity contribution in [1.29, 1.82) is 0 Å². The second-order valence-corrected chi connectivity index (χ2v) is 4.90. The van der Waals surface area contributed by atoms with Crippen LogP contribution in [0, 0.1) is 6.92 Å². The number of benzene rings is 1. The molecule has 4 nitrogen and oxygen atoms in total. The maximum absolute atomic E-state index is 6.05. The average molecular weight is 262 g/mol. The van der Waals surface area contributed by atoms with Crippen LogP contribution in [-0.2, 0) is 6.54 Å². The molecule has 5 heteroatoms. The van der Waals surface area contributed by atoms with Crippen LogP contribution in [0.4, 0.5) is 17.2 Å². The van der Waals surface area contributed by atoms with Crippen LogP contribution in [0.3, 0.4) is 0 Å². The molecule has 3 N–H and O–H groups in total. The molecule has 0 aliphatic carbocycles. The van der Waals surface area contributed by atoms with Gasteiger partial charge in [-0.3, -0.25) is 0 Å². The smallest absolute Gasteiger partial charge is 0.152 e. The summed E-state index contributed by atoms with van der Waals surface area (Å²) in [5, 5.41) is 7.74. The molecule has 2 aromatic rings. The molecule has 1 aromatic carbocycles. The van der Waals surface area contributed by atoms with Crippen molar-refractivity contribution in [2.24, 2.45) is 0 Å². The maximum atomic E-state index is 6.05. The Morgan fingerprint density at radius 1 is 1.44 bits per heavy atom. The summed E-state index contributed by atoms with van der Waals surface area (Å²) in [4.78, 5) is 1.22. The topological polar surface area (TPSA) is 55.9 Å². The van der Waals surface area contributed by atoms with Crippen LogP contribution in [0.25, 0.3) is 0 Å². The second-order valence-electron chi connectivity index (χ2n) is 4.02. The zero-order chi connectivity index (χ0) is 13.1. The van der Waals surface area contributed by atoms with Crippen molar-refractivity contribution in [2.75, 3.05) is 17.3 Å². The summed E-state index contributed by atoms with van der Waals surface area (Å²) in [7, 11) is 0. The number of anilines is 3. The lowest BCUT2D eigenvalue weighted by Gasteiger charge is -2.10. The van der Waals surface area contributed by atoms with Gasteiger partial charge in [0.2, 0.25) is 0 Å². The number of nitrogen functional groups attached to an aromatic ring is 1. The van der Waals surface area contributed by atoms with E-state index in [1.807, 2.05) is 23.7 Å². The Morgan fingerprint density at radius 3 is 2.89 bits per heavy atom. The summed E-state index contributed by atoms with van der Waals surface area (Å²) in [5.74, 6) is 0.869. The lowest BCUT2D eigenvalue weighted by atomic mass is 10.3. The number of thioether (sulfide) groups is 1. The number of rotatable bonds is 4. The van der Waals surface area contributed by atoms with E-state index in [0.29, 0.717) is 5.69 Å². The van der Waals surface area contributed by atoms with Crippen molar-refractivity contribution in [3.8, 4) is 0 Å². The fourth-order valence-corrected chi connectivity index (χ4v) is 2.25. The fraction of sp³-hybridized carbons (Fsp3) is 0.308. The predicted octanol–water partition coefficient (Wildman–Crippen LogP) is 3.26. The fourth-order valence-electron chi connectivity index (χ4n) is 1.79. The molecular weight excluding hydrogens is 244 g/mol. The predicted molar refractivity (Wildman–Crippen MR) is 78.6 cm³/mol. The van der Waals surface area contributed by atoms with Crippen LogP contribution in [0.2, 0.25) is 0 Å². The van der Waals surface area contributed by atoms with Gasteiger partial charge in [0.05, 0.1) is 11.4 Å². The standard InChI is InChI=1S/C13H18N4S/c1-4-17-13(12(14)9(2)16-17)15-10-6-5-7-11(8-10)18-3/h5-8,15H,4,14H2,1-3H3. The number of aryl methyl sites for hydroxylation is 2. The molecule has 0 spiro atoms. The quantitative estimate of drug-likeness (QED) is 0.830. The van der Waals surface area contributed by atoms with Gasteiger partial charge in [-0.05, 0) is 38.3 Å². The first kappa shape index (κ1) is 12.8. The van der Waals surface area contributed by atoms with E-state index < -0.39 is 0 Å². The Morgan fingerprint density at radius 2 is 2.22 bits per heavy atom. The minimum absolute atomic E-state index is 0.714. The third kappa shape index (κ3) is 2.46. The van der Waals surface area contributed by atoms with Gasteiger partial charge in [-0.15, -0.1) is 11.8 Å². The van der Waals surface area contributed by atoms with E-state index in [1.54, 1.807) is 11.8 Å². The largest absolute Gasteiger partial charge is 0.394 e. The first-order valence-corrected chi connectivity index (χ1v) is 7.12. The second kappa shape index (κ2) is 5.35. The van der Waals surface area contributed by atoms with Gasteiger partial charge in [0.25, 0.3) is 0 Å². The van der Waals surface area contributed by atoms with Crippen LogP contribution >= 0.6 is 11.8 Å². The third-order valence-electron chi connectivity index (χ3n) is 2.81. The molecule has 1 heterocycles. The van der Waals surface area contributed by atoms with Crippen molar-refractivity contribution in [1.82, 2.24) is 9.78 Å². The van der Waals surface area contributed by atoms with Gasteiger partial charge in [-0.2, -0.15) is 5.10 Å². The molecule has 0 atom stereocenters. The van der Waals surface area contributed by atoms with Gasteiger partial charge in [-0.1, -0.05) is 6.07 Å². The van der Waals surface area contributed by atoms with Crippen LogP contribution in [0.1, 0.15) is 12.6 Å². The van der Waals surface area contributed by atoms with Gasteiger partial charge >= 0.3 is 0 Å². The van der Waals surface area contributed by atoms with Crippen molar-refractivity contribution in [3.63, 3.8) is 0 Å². The van der Waals surface area contributed by atoms with Crippen LogP contribution in [0.5, 0.6) is 0 Å². The highest BCUT2D eigenvalue weighted by atomic mass is 32.2. The summed E-state index contributed by atoms with van der Waals surface area (Å²) >= 11 is 1.72. The van der Waals surface area contributed by atoms with E-state index in [1.165, 1.54) is 4.90 Å². The van der Waals surface area contributed by atoms with Crippen LogP contribution in [0.15, 0.2) is 29.2 Å². The van der Waals surface area contributed by atoms with Crippen LogP contribution in [-0.4, -0.2) is 16.0 Å². The number of nitrogens with one attached hydrogen (secondary N) is 1. The Bertz CT molecular complexity index is 548. The monoisotopic (exact) mass is 262 g/mol. The summed E-state index contributed by atoms with van der Waals surface area (Å²) in [5.41, 5.74) is 8.65. The molecule has 0 radical (unpaired) electrons. The molecular formula is C13H18N4S. The molecule has 0 fully saturated rings. The molecule has 2 rings (SSSR count). The van der Waals surface area contributed by atoms with E-state index in [4.69, 9.17) is 5.73 Å². The van der Waals surface area contributed by atoms with Gasteiger partial charge in [0, 0.05) is 17.1 Å². The zero-order valence-corrected chi connectivity index (χ0v) is 11.7. The summed E-state index contributed by atoms with van der Waals surface area (Å²) in [6.07, 6.45) is 2.06. The first-order valence-electron chi connectivity index (χ1n) is 5.89. The molecule has 0 amide bonds. The number of hydrogen-bond donors (Lipinski definition) is 2. The van der Waals surface area contributed by atoms with Gasteiger partial charge in [-0.25, -0.2) is 4.68 Å². The van der Waals surface area contributed by atoms with Crippen LogP contribution < -0.4 is 11.1 Å². The number of nitrogens with two attached hydrogens (primary N) is 1. The SMILES string of the molecule is CCn1nc(C)c(N)c1Nc1cccc(SC)c1. The normalized spacial score (nSPS) is 10.6. The van der Waals surface area contributed by atoms with E-state index in [2.05, 4.69) is 35.7 Å². The highest BCUT2D eigenvalue weighted by Crippen LogP contribution is 2.27. The van der Waals surface area contributed by atoms with Gasteiger partial charge in [0.1, 0.15) is 0 Å². The number of nitrogens with zero attached hydrogens (tertiary/aromatic N) is 2. The highest BCUT2D eigenvalue weighted by molar-refractivity contribution is 7.98. The summed E-state index contributed by atoms with van der Waals surface area (Å²) < 4.78 is 1.89. The first-order chi connectivity index (χ1) is 8.65. The molecule has 18 heavy (non-hydrogen) atoms. The number of aromatic nitrogens is 2. The van der Waals surface area contributed by atoms with Gasteiger partial charge < -0.3 is 11.1 Å². The van der Waals surface area contributed by atoms with Crippen molar-refractivity contribution < 1.29 is 0 Å². The minimum Gasteiger partial charge on any atom is -0.394 e. The minimum atomic E-state index is 0.714. The third-order valence-corrected chi connectivity index (χ3v) is 3.53. The molecule has 0 saturated heterocycles.